The average molecular weight is 398 g/mol. The molecule has 0 aliphatic rings. The lowest BCUT2D eigenvalue weighted by atomic mass is 10.2. The van der Waals surface area contributed by atoms with Crippen molar-refractivity contribution in [2.75, 3.05) is 13.2 Å². The fraction of sp³-hybridized carbons (Fsp3) is 0.278. The molecule has 0 bridgehead atoms. The summed E-state index contributed by atoms with van der Waals surface area (Å²) in [6.45, 7) is 1.92. The zero-order chi connectivity index (χ0) is 19.0. The van der Waals surface area contributed by atoms with E-state index in [9.17, 15) is 13.2 Å². The Labute approximate surface area is 158 Å². The Hall–Kier alpha value is -2.09. The van der Waals surface area contributed by atoms with Gasteiger partial charge in [-0.05, 0) is 43.3 Å². The molecular weight excluding hydrogens is 378 g/mol. The number of esters is 1. The Morgan fingerprint density at radius 1 is 1.12 bits per heavy atom. The topological polar surface area (TPSA) is 81.7 Å². The van der Waals surface area contributed by atoms with Gasteiger partial charge in [0.2, 0.25) is 10.0 Å². The number of ether oxygens (including phenoxy) is 2. The molecule has 0 amide bonds. The maximum atomic E-state index is 12.3. The summed E-state index contributed by atoms with van der Waals surface area (Å²) in [5.74, 6) is -0.0341. The largest absolute Gasteiger partial charge is 0.479 e. The summed E-state index contributed by atoms with van der Waals surface area (Å²) in [6.07, 6.45) is -0.786. The molecule has 2 rings (SSSR count). The summed E-state index contributed by atoms with van der Waals surface area (Å²) in [4.78, 5) is 12.2. The molecule has 0 aromatic heterocycles. The van der Waals surface area contributed by atoms with Crippen LogP contribution < -0.4 is 9.46 Å². The first kappa shape index (κ1) is 20.2. The van der Waals surface area contributed by atoms with E-state index in [4.69, 9.17) is 21.1 Å². The van der Waals surface area contributed by atoms with Crippen molar-refractivity contribution < 1.29 is 22.7 Å². The van der Waals surface area contributed by atoms with E-state index < -0.39 is 22.1 Å². The Morgan fingerprint density at radius 2 is 1.77 bits per heavy atom. The van der Waals surface area contributed by atoms with E-state index in [1.54, 1.807) is 31.2 Å². The summed E-state index contributed by atoms with van der Waals surface area (Å²) >= 11 is 5.77. The third-order valence-corrected chi connectivity index (χ3v) is 5.12. The molecule has 0 saturated heterocycles. The third-order valence-electron chi connectivity index (χ3n) is 3.39. The summed E-state index contributed by atoms with van der Waals surface area (Å²) in [5, 5.41) is 0.447. The van der Waals surface area contributed by atoms with E-state index in [1.165, 1.54) is 24.3 Å². The number of hydrogen-bond donors (Lipinski definition) is 1. The number of halogens is 1. The molecule has 2 aromatic carbocycles. The van der Waals surface area contributed by atoms with Crippen LogP contribution in [0.15, 0.2) is 59.5 Å². The van der Waals surface area contributed by atoms with Crippen LogP contribution in [0.4, 0.5) is 0 Å². The molecular formula is C18H20ClNO5S. The average Bonchev–Trinajstić information content (AvgIpc) is 2.62. The predicted octanol–water partition coefficient (Wildman–Crippen LogP) is 3.02. The molecule has 1 atom stereocenters. The number of para-hydroxylation sites is 1. The molecule has 2 aromatic rings. The second-order valence-electron chi connectivity index (χ2n) is 5.31. The summed E-state index contributed by atoms with van der Waals surface area (Å²) in [6, 6.07) is 14.6. The van der Waals surface area contributed by atoms with Gasteiger partial charge in [0, 0.05) is 18.0 Å². The van der Waals surface area contributed by atoms with Gasteiger partial charge in [0.1, 0.15) is 5.75 Å². The van der Waals surface area contributed by atoms with Crippen LogP contribution >= 0.6 is 11.6 Å². The molecule has 6 nitrogen and oxygen atoms in total. The van der Waals surface area contributed by atoms with Gasteiger partial charge in [-0.1, -0.05) is 29.8 Å². The van der Waals surface area contributed by atoms with E-state index in [0.29, 0.717) is 10.8 Å². The first-order valence-electron chi connectivity index (χ1n) is 8.06. The number of carbonyl (C=O) groups is 1. The number of carbonyl (C=O) groups excluding carboxylic acids is 1. The molecule has 0 aliphatic carbocycles. The molecule has 1 unspecified atom stereocenters. The van der Waals surface area contributed by atoms with Crippen molar-refractivity contribution in [3.8, 4) is 5.75 Å². The van der Waals surface area contributed by atoms with Crippen molar-refractivity contribution >= 4 is 27.6 Å². The number of benzene rings is 2. The van der Waals surface area contributed by atoms with Crippen molar-refractivity contribution in [3.05, 3.63) is 59.6 Å². The lowest BCUT2D eigenvalue weighted by Crippen LogP contribution is -2.34. The van der Waals surface area contributed by atoms with E-state index in [-0.39, 0.29) is 24.5 Å². The molecule has 0 saturated carbocycles. The lowest BCUT2D eigenvalue weighted by Gasteiger charge is -2.18. The Morgan fingerprint density at radius 3 is 2.38 bits per heavy atom. The summed E-state index contributed by atoms with van der Waals surface area (Å²) in [5.41, 5.74) is 0. The van der Waals surface area contributed by atoms with Crippen LogP contribution in [0, 0.1) is 0 Å². The van der Waals surface area contributed by atoms with Crippen molar-refractivity contribution in [1.82, 2.24) is 4.72 Å². The van der Waals surface area contributed by atoms with Crippen molar-refractivity contribution in [3.63, 3.8) is 0 Å². The Bertz CT molecular complexity index is 809. The van der Waals surface area contributed by atoms with Crippen molar-refractivity contribution in [2.24, 2.45) is 0 Å². The SMILES string of the molecule is CCOC(=O)C(CCNS(=O)(=O)c1ccc(Cl)cc1)Oc1ccccc1. The van der Waals surface area contributed by atoms with Gasteiger partial charge in [-0.2, -0.15) is 0 Å². The molecule has 0 heterocycles. The number of rotatable bonds is 9. The van der Waals surface area contributed by atoms with Gasteiger partial charge < -0.3 is 9.47 Å². The van der Waals surface area contributed by atoms with Crippen LogP contribution in [0.3, 0.4) is 0 Å². The number of nitrogens with one attached hydrogen (secondary N) is 1. The van der Waals surface area contributed by atoms with Gasteiger partial charge in [-0.25, -0.2) is 17.9 Å². The summed E-state index contributed by atoms with van der Waals surface area (Å²) < 4.78 is 37.6. The van der Waals surface area contributed by atoms with E-state index in [1.807, 2.05) is 6.07 Å². The molecule has 1 N–H and O–H groups in total. The Balaban J connectivity index is 1.99. The molecule has 0 radical (unpaired) electrons. The van der Waals surface area contributed by atoms with Gasteiger partial charge in [0.05, 0.1) is 11.5 Å². The van der Waals surface area contributed by atoms with E-state index in [2.05, 4.69) is 4.72 Å². The van der Waals surface area contributed by atoms with Gasteiger partial charge in [-0.3, -0.25) is 0 Å². The second kappa shape index (κ2) is 9.56. The fourth-order valence-electron chi connectivity index (χ4n) is 2.14. The standard InChI is InChI=1S/C18H20ClNO5S/c1-2-24-18(21)17(25-15-6-4-3-5-7-15)12-13-20-26(22,23)16-10-8-14(19)9-11-16/h3-11,17,20H,2,12-13H2,1H3. The first-order chi connectivity index (χ1) is 12.4. The van der Waals surface area contributed by atoms with Crippen LogP contribution in [0.2, 0.25) is 5.02 Å². The molecule has 0 aliphatic heterocycles. The smallest absolute Gasteiger partial charge is 0.347 e. The highest BCUT2D eigenvalue weighted by Gasteiger charge is 2.23. The minimum atomic E-state index is -3.70. The minimum absolute atomic E-state index is 0.0152. The first-order valence-corrected chi connectivity index (χ1v) is 9.92. The molecule has 8 heteroatoms. The zero-order valence-corrected chi connectivity index (χ0v) is 15.8. The van der Waals surface area contributed by atoms with Crippen LogP contribution in [0.5, 0.6) is 5.75 Å². The maximum Gasteiger partial charge on any atom is 0.347 e. The van der Waals surface area contributed by atoms with Crippen LogP contribution in [0.1, 0.15) is 13.3 Å². The monoisotopic (exact) mass is 397 g/mol. The predicted molar refractivity (Wildman–Crippen MR) is 98.7 cm³/mol. The molecule has 0 spiro atoms. The quantitative estimate of drug-likeness (QED) is 0.658. The zero-order valence-electron chi connectivity index (χ0n) is 14.2. The lowest BCUT2D eigenvalue weighted by molar-refractivity contribution is -0.151. The molecule has 0 fully saturated rings. The van der Waals surface area contributed by atoms with Gasteiger partial charge in [0.15, 0.2) is 6.10 Å². The maximum absolute atomic E-state index is 12.3. The van der Waals surface area contributed by atoms with Crippen LogP contribution in [0.25, 0.3) is 0 Å². The van der Waals surface area contributed by atoms with Crippen LogP contribution in [-0.2, 0) is 19.6 Å². The van der Waals surface area contributed by atoms with Gasteiger partial charge >= 0.3 is 5.97 Å². The highest BCUT2D eigenvalue weighted by Crippen LogP contribution is 2.15. The third kappa shape index (κ3) is 6.01. The number of sulfonamides is 1. The summed E-state index contributed by atoms with van der Waals surface area (Å²) in [7, 11) is -3.70. The van der Waals surface area contributed by atoms with E-state index in [0.717, 1.165) is 0 Å². The minimum Gasteiger partial charge on any atom is -0.479 e. The number of hydrogen-bond acceptors (Lipinski definition) is 5. The van der Waals surface area contributed by atoms with Crippen molar-refractivity contribution in [2.45, 2.75) is 24.3 Å². The van der Waals surface area contributed by atoms with E-state index >= 15 is 0 Å². The Kier molecular flexibility index (Phi) is 7.44. The highest BCUT2D eigenvalue weighted by atomic mass is 35.5. The van der Waals surface area contributed by atoms with Crippen molar-refractivity contribution in [1.29, 1.82) is 0 Å². The second-order valence-corrected chi connectivity index (χ2v) is 7.52. The van der Waals surface area contributed by atoms with Gasteiger partial charge in [0.25, 0.3) is 0 Å². The fourth-order valence-corrected chi connectivity index (χ4v) is 3.32. The molecule has 140 valence electrons. The molecule has 26 heavy (non-hydrogen) atoms. The van der Waals surface area contributed by atoms with Gasteiger partial charge in [-0.15, -0.1) is 0 Å². The normalized spacial score (nSPS) is 12.4. The van der Waals surface area contributed by atoms with Crippen LogP contribution in [-0.4, -0.2) is 33.6 Å². The highest BCUT2D eigenvalue weighted by molar-refractivity contribution is 7.89.